The number of ether oxygens (including phenoxy) is 1. The number of hydrogen-bond donors (Lipinski definition) is 1. The lowest BCUT2D eigenvalue weighted by Gasteiger charge is -2.14. The molecule has 90 valence electrons. The lowest BCUT2D eigenvalue weighted by Crippen LogP contribution is -2.32. The summed E-state index contributed by atoms with van der Waals surface area (Å²) in [6.07, 6.45) is 1.10. The zero-order valence-corrected chi connectivity index (χ0v) is 10.2. The molecule has 0 aliphatic carbocycles. The van der Waals surface area contributed by atoms with Crippen LogP contribution in [0.25, 0.3) is 0 Å². The second-order valence-corrected chi connectivity index (χ2v) is 4.08. The summed E-state index contributed by atoms with van der Waals surface area (Å²) < 4.78 is 18.7. The minimum atomic E-state index is -0.216. The van der Waals surface area contributed by atoms with Gasteiger partial charge in [-0.15, -0.1) is 0 Å². The molecule has 0 saturated heterocycles. The van der Waals surface area contributed by atoms with Gasteiger partial charge in [-0.2, -0.15) is 0 Å². The van der Waals surface area contributed by atoms with Crippen molar-refractivity contribution < 1.29 is 9.13 Å². The molecule has 0 aromatic heterocycles. The van der Waals surface area contributed by atoms with Crippen LogP contribution in [0.15, 0.2) is 18.2 Å². The first kappa shape index (κ1) is 13.0. The number of aryl methyl sites for hydroxylation is 1. The number of halogens is 1. The molecule has 1 atom stereocenters. The number of hydrogen-bond acceptors (Lipinski definition) is 2. The van der Waals surface area contributed by atoms with Crippen LogP contribution in [-0.2, 0) is 0 Å². The summed E-state index contributed by atoms with van der Waals surface area (Å²) in [7, 11) is 0. The molecular weight excluding hydrogens is 205 g/mol. The summed E-state index contributed by atoms with van der Waals surface area (Å²) in [4.78, 5) is 0. The van der Waals surface area contributed by atoms with E-state index in [1.165, 1.54) is 6.07 Å². The third-order valence-corrected chi connectivity index (χ3v) is 2.39. The Kier molecular flexibility index (Phi) is 5.26. The normalized spacial score (nSPS) is 12.5. The topological polar surface area (TPSA) is 21.3 Å². The van der Waals surface area contributed by atoms with Gasteiger partial charge in [0.1, 0.15) is 18.2 Å². The Morgan fingerprint density at radius 3 is 2.81 bits per heavy atom. The molecule has 1 aromatic carbocycles. The highest BCUT2D eigenvalue weighted by Crippen LogP contribution is 2.15. The molecule has 1 rings (SSSR count). The smallest absolute Gasteiger partial charge is 0.129 e. The van der Waals surface area contributed by atoms with Crippen LogP contribution in [0, 0.1) is 12.7 Å². The average Bonchev–Trinajstić information content (AvgIpc) is 2.28. The van der Waals surface area contributed by atoms with Gasteiger partial charge >= 0.3 is 0 Å². The first-order valence-corrected chi connectivity index (χ1v) is 5.75. The highest BCUT2D eigenvalue weighted by atomic mass is 19.1. The Labute approximate surface area is 96.8 Å². The molecule has 1 unspecified atom stereocenters. The molecule has 0 aliphatic heterocycles. The molecule has 0 saturated carbocycles. The molecule has 2 nitrogen and oxygen atoms in total. The Balaban J connectivity index is 2.39. The molecule has 1 N–H and O–H groups in total. The molecule has 1 aromatic rings. The van der Waals surface area contributed by atoms with Crippen LogP contribution in [0.1, 0.15) is 25.8 Å². The minimum Gasteiger partial charge on any atom is -0.492 e. The first-order valence-electron chi connectivity index (χ1n) is 5.75. The zero-order valence-electron chi connectivity index (χ0n) is 10.2. The summed E-state index contributed by atoms with van der Waals surface area (Å²) >= 11 is 0. The summed E-state index contributed by atoms with van der Waals surface area (Å²) in [6, 6.07) is 5.24. The lowest BCUT2D eigenvalue weighted by molar-refractivity contribution is 0.272. The summed E-state index contributed by atoms with van der Waals surface area (Å²) in [5.41, 5.74) is 0.643. The third kappa shape index (κ3) is 4.19. The van der Waals surface area contributed by atoms with E-state index in [2.05, 4.69) is 19.2 Å². The van der Waals surface area contributed by atoms with Gasteiger partial charge in [0.2, 0.25) is 0 Å². The van der Waals surface area contributed by atoms with Gasteiger partial charge in [-0.1, -0.05) is 13.0 Å². The Bertz CT molecular complexity index is 328. The first-order chi connectivity index (χ1) is 7.63. The molecule has 0 radical (unpaired) electrons. The van der Waals surface area contributed by atoms with E-state index in [0.29, 0.717) is 17.9 Å². The number of benzene rings is 1. The lowest BCUT2D eigenvalue weighted by atomic mass is 10.2. The van der Waals surface area contributed by atoms with Crippen molar-refractivity contribution in [3.63, 3.8) is 0 Å². The van der Waals surface area contributed by atoms with Gasteiger partial charge in [-0.3, -0.25) is 0 Å². The van der Waals surface area contributed by atoms with Gasteiger partial charge in [-0.25, -0.2) is 4.39 Å². The quantitative estimate of drug-likeness (QED) is 0.803. The Hall–Kier alpha value is -1.09. The second kappa shape index (κ2) is 6.48. The van der Waals surface area contributed by atoms with Gasteiger partial charge in [0.25, 0.3) is 0 Å². The van der Waals surface area contributed by atoms with Crippen LogP contribution in [0.3, 0.4) is 0 Å². The second-order valence-electron chi connectivity index (χ2n) is 4.08. The SMILES string of the molecule is CCCNC(C)COc1ccc(C)c(F)c1. The predicted octanol–water partition coefficient (Wildman–Crippen LogP) is 2.90. The summed E-state index contributed by atoms with van der Waals surface area (Å²) in [5, 5.41) is 3.31. The van der Waals surface area contributed by atoms with E-state index in [4.69, 9.17) is 4.74 Å². The number of rotatable bonds is 6. The van der Waals surface area contributed by atoms with Crippen LogP contribution in [0.5, 0.6) is 5.75 Å². The zero-order chi connectivity index (χ0) is 12.0. The molecule has 0 amide bonds. The highest BCUT2D eigenvalue weighted by molar-refractivity contribution is 5.27. The van der Waals surface area contributed by atoms with Gasteiger partial charge in [0.15, 0.2) is 0 Å². The summed E-state index contributed by atoms with van der Waals surface area (Å²) in [6.45, 7) is 7.45. The van der Waals surface area contributed by atoms with E-state index >= 15 is 0 Å². The van der Waals surface area contributed by atoms with Crippen molar-refractivity contribution in [3.05, 3.63) is 29.6 Å². The maximum Gasteiger partial charge on any atom is 0.129 e. The molecule has 0 spiro atoms. The fourth-order valence-corrected chi connectivity index (χ4v) is 1.33. The fourth-order valence-electron chi connectivity index (χ4n) is 1.33. The van der Waals surface area contributed by atoms with E-state index in [0.717, 1.165) is 13.0 Å². The Morgan fingerprint density at radius 1 is 1.44 bits per heavy atom. The van der Waals surface area contributed by atoms with Crippen molar-refractivity contribution in [2.24, 2.45) is 0 Å². The van der Waals surface area contributed by atoms with Crippen LogP contribution < -0.4 is 10.1 Å². The fraction of sp³-hybridized carbons (Fsp3) is 0.538. The summed E-state index contributed by atoms with van der Waals surface area (Å²) in [5.74, 6) is 0.375. The monoisotopic (exact) mass is 225 g/mol. The van der Waals surface area contributed by atoms with Crippen molar-refractivity contribution in [3.8, 4) is 5.75 Å². The molecule has 0 bridgehead atoms. The van der Waals surface area contributed by atoms with Gasteiger partial charge in [-0.05, 0) is 38.4 Å². The van der Waals surface area contributed by atoms with Gasteiger partial charge < -0.3 is 10.1 Å². The third-order valence-electron chi connectivity index (χ3n) is 2.39. The molecule has 0 aliphatic rings. The molecule has 16 heavy (non-hydrogen) atoms. The standard InChI is InChI=1S/C13H20FNO/c1-4-7-15-11(3)9-16-12-6-5-10(2)13(14)8-12/h5-6,8,11,15H,4,7,9H2,1-3H3. The van der Waals surface area contributed by atoms with Crippen molar-refractivity contribution in [2.75, 3.05) is 13.2 Å². The van der Waals surface area contributed by atoms with Crippen molar-refractivity contribution in [2.45, 2.75) is 33.2 Å². The number of nitrogens with one attached hydrogen (secondary N) is 1. The van der Waals surface area contributed by atoms with Crippen LogP contribution in [-0.4, -0.2) is 19.2 Å². The average molecular weight is 225 g/mol. The predicted molar refractivity (Wildman–Crippen MR) is 64.4 cm³/mol. The van der Waals surface area contributed by atoms with Crippen molar-refractivity contribution in [1.29, 1.82) is 0 Å². The van der Waals surface area contributed by atoms with Crippen LogP contribution >= 0.6 is 0 Å². The highest BCUT2D eigenvalue weighted by Gasteiger charge is 2.03. The van der Waals surface area contributed by atoms with Crippen molar-refractivity contribution in [1.82, 2.24) is 5.32 Å². The van der Waals surface area contributed by atoms with Crippen LogP contribution in [0.4, 0.5) is 4.39 Å². The minimum absolute atomic E-state index is 0.216. The van der Waals surface area contributed by atoms with E-state index in [1.54, 1.807) is 19.1 Å². The van der Waals surface area contributed by atoms with Crippen molar-refractivity contribution >= 4 is 0 Å². The maximum atomic E-state index is 13.2. The van der Waals surface area contributed by atoms with E-state index in [9.17, 15) is 4.39 Å². The largest absolute Gasteiger partial charge is 0.492 e. The Morgan fingerprint density at radius 2 is 2.19 bits per heavy atom. The van der Waals surface area contributed by atoms with E-state index in [1.807, 2.05) is 0 Å². The molecular formula is C13H20FNO. The molecule has 0 heterocycles. The molecule has 0 fully saturated rings. The van der Waals surface area contributed by atoms with Crippen LogP contribution in [0.2, 0.25) is 0 Å². The maximum absolute atomic E-state index is 13.2. The van der Waals surface area contributed by atoms with E-state index in [-0.39, 0.29) is 11.9 Å². The molecule has 3 heteroatoms. The van der Waals surface area contributed by atoms with E-state index < -0.39 is 0 Å². The van der Waals surface area contributed by atoms with Gasteiger partial charge in [0, 0.05) is 12.1 Å². The van der Waals surface area contributed by atoms with Gasteiger partial charge in [0.05, 0.1) is 0 Å².